The van der Waals surface area contributed by atoms with Gasteiger partial charge in [-0.3, -0.25) is 9.59 Å². The van der Waals surface area contributed by atoms with Gasteiger partial charge in [0.25, 0.3) is 0 Å². The van der Waals surface area contributed by atoms with Crippen LogP contribution in [0.5, 0.6) is 0 Å². The van der Waals surface area contributed by atoms with Crippen LogP contribution in [0.15, 0.2) is 0 Å². The number of carboxylic acids is 1. The molecule has 3 aliphatic heterocycles. The minimum absolute atomic E-state index is 0.0623. The second kappa shape index (κ2) is 7.29. The summed E-state index contributed by atoms with van der Waals surface area (Å²) in [4.78, 5) is 37.1. The molecule has 8 heteroatoms. The van der Waals surface area contributed by atoms with Crippen LogP contribution >= 0.6 is 11.8 Å². The van der Waals surface area contributed by atoms with Crippen LogP contribution in [0.3, 0.4) is 0 Å². The minimum Gasteiger partial charge on any atom is -0.481 e. The number of carbonyl (C=O) groups excluding carboxylic acids is 2. The van der Waals surface area contributed by atoms with E-state index in [0.717, 1.165) is 37.9 Å². The van der Waals surface area contributed by atoms with Gasteiger partial charge < -0.3 is 20.6 Å². The van der Waals surface area contributed by atoms with Crippen molar-refractivity contribution in [3.05, 3.63) is 0 Å². The summed E-state index contributed by atoms with van der Waals surface area (Å²) in [5, 5.41) is 15.8. The molecule has 26 heavy (non-hydrogen) atoms. The maximum atomic E-state index is 12.5. The number of fused-ring (bicyclic) bond motifs is 1. The Hall–Kier alpha value is -1.44. The first-order valence-electron chi connectivity index (χ1n) is 9.72. The summed E-state index contributed by atoms with van der Waals surface area (Å²) >= 11 is 1.90. The molecule has 3 heterocycles. The highest BCUT2D eigenvalue weighted by Gasteiger charge is 2.46. The van der Waals surface area contributed by atoms with E-state index in [1.807, 2.05) is 11.8 Å². The molecular weight excluding hydrogens is 354 g/mol. The maximum Gasteiger partial charge on any atom is 0.315 e. The van der Waals surface area contributed by atoms with Crippen LogP contribution in [0.2, 0.25) is 0 Å². The number of nitrogens with zero attached hydrogens (tertiary/aromatic N) is 1. The van der Waals surface area contributed by atoms with Crippen molar-refractivity contribution >= 4 is 29.7 Å². The van der Waals surface area contributed by atoms with Crippen LogP contribution in [-0.4, -0.2) is 64.1 Å². The van der Waals surface area contributed by atoms with Gasteiger partial charge in [-0.25, -0.2) is 4.79 Å². The van der Waals surface area contributed by atoms with Crippen LogP contribution in [0, 0.1) is 17.8 Å². The van der Waals surface area contributed by atoms with E-state index in [4.69, 9.17) is 0 Å². The largest absolute Gasteiger partial charge is 0.481 e. The van der Waals surface area contributed by atoms with Crippen molar-refractivity contribution in [2.45, 2.75) is 55.9 Å². The lowest BCUT2D eigenvalue weighted by Crippen LogP contribution is -2.36. The molecule has 4 fully saturated rings. The third-order valence-electron chi connectivity index (χ3n) is 6.33. The Labute approximate surface area is 157 Å². The molecule has 3 N–H and O–H groups in total. The molecular formula is C18H27N3O4S. The van der Waals surface area contributed by atoms with Crippen molar-refractivity contribution in [2.24, 2.45) is 17.8 Å². The molecule has 0 spiro atoms. The summed E-state index contributed by atoms with van der Waals surface area (Å²) in [6.45, 7) is 1.01. The SMILES string of the molecule is O=C1N[C@H]2[C@H](CS[C@H]2CCCCC(=O)N2C[C@H](C(=O)O)[C@@H](C3CC3)C2)N1. The van der Waals surface area contributed by atoms with Crippen LogP contribution in [0.25, 0.3) is 0 Å². The van der Waals surface area contributed by atoms with Gasteiger partial charge in [0.1, 0.15) is 0 Å². The zero-order chi connectivity index (χ0) is 18.3. The van der Waals surface area contributed by atoms with Crippen LogP contribution < -0.4 is 10.6 Å². The Balaban J connectivity index is 1.19. The second-order valence-corrected chi connectivity index (χ2v) is 9.38. The third kappa shape index (κ3) is 3.66. The molecule has 1 aliphatic carbocycles. The van der Waals surface area contributed by atoms with Gasteiger partial charge in [0, 0.05) is 30.5 Å². The average molecular weight is 381 g/mol. The molecule has 4 aliphatic rings. The van der Waals surface area contributed by atoms with Crippen molar-refractivity contribution in [3.63, 3.8) is 0 Å². The molecule has 0 bridgehead atoms. The summed E-state index contributed by atoms with van der Waals surface area (Å²) in [5.74, 6) is 0.597. The van der Waals surface area contributed by atoms with Crippen molar-refractivity contribution in [1.29, 1.82) is 0 Å². The first kappa shape index (κ1) is 17.9. The van der Waals surface area contributed by atoms with E-state index in [1.54, 1.807) is 4.90 Å². The zero-order valence-electron chi connectivity index (χ0n) is 14.9. The lowest BCUT2D eigenvalue weighted by molar-refractivity contribution is -0.142. The lowest BCUT2D eigenvalue weighted by atomic mass is 9.92. The zero-order valence-corrected chi connectivity index (χ0v) is 15.7. The number of likely N-dealkylation sites (tertiary alicyclic amines) is 1. The second-order valence-electron chi connectivity index (χ2n) is 8.11. The highest BCUT2D eigenvalue weighted by molar-refractivity contribution is 8.00. The van der Waals surface area contributed by atoms with Gasteiger partial charge in [0.05, 0.1) is 18.0 Å². The van der Waals surface area contributed by atoms with Gasteiger partial charge in [0.15, 0.2) is 0 Å². The number of rotatable bonds is 7. The summed E-state index contributed by atoms with van der Waals surface area (Å²) in [5.41, 5.74) is 0. The fourth-order valence-electron chi connectivity index (χ4n) is 4.72. The lowest BCUT2D eigenvalue weighted by Gasteiger charge is -2.18. The van der Waals surface area contributed by atoms with E-state index in [2.05, 4.69) is 10.6 Å². The van der Waals surface area contributed by atoms with E-state index in [0.29, 0.717) is 30.7 Å². The Morgan fingerprint density at radius 2 is 2.00 bits per heavy atom. The van der Waals surface area contributed by atoms with Gasteiger partial charge in [-0.05, 0) is 37.5 Å². The van der Waals surface area contributed by atoms with E-state index in [9.17, 15) is 19.5 Å². The molecule has 0 unspecified atom stereocenters. The highest BCUT2D eigenvalue weighted by Crippen LogP contribution is 2.44. The fourth-order valence-corrected chi connectivity index (χ4v) is 6.26. The number of amides is 3. The van der Waals surface area contributed by atoms with Crippen LogP contribution in [-0.2, 0) is 9.59 Å². The molecule has 0 aromatic heterocycles. The van der Waals surface area contributed by atoms with Crippen molar-refractivity contribution in [3.8, 4) is 0 Å². The van der Waals surface area contributed by atoms with Gasteiger partial charge in [-0.15, -0.1) is 0 Å². The average Bonchev–Trinajstić information content (AvgIpc) is 3.07. The van der Waals surface area contributed by atoms with Gasteiger partial charge >= 0.3 is 12.0 Å². The molecule has 3 amide bonds. The first-order chi connectivity index (χ1) is 12.5. The summed E-state index contributed by atoms with van der Waals surface area (Å²) < 4.78 is 0. The normalized spacial score (nSPS) is 35.9. The molecule has 144 valence electrons. The highest BCUT2D eigenvalue weighted by atomic mass is 32.2. The number of carboxylic acid groups (broad SMARTS) is 1. The summed E-state index contributed by atoms with van der Waals surface area (Å²) in [6.07, 6.45) is 5.53. The smallest absolute Gasteiger partial charge is 0.315 e. The van der Waals surface area contributed by atoms with Crippen LogP contribution in [0.1, 0.15) is 38.5 Å². The minimum atomic E-state index is -0.753. The van der Waals surface area contributed by atoms with Crippen molar-refractivity contribution < 1.29 is 19.5 Å². The van der Waals surface area contributed by atoms with E-state index in [-0.39, 0.29) is 35.9 Å². The molecule has 4 rings (SSSR count). The monoisotopic (exact) mass is 381 g/mol. The number of hydrogen-bond donors (Lipinski definition) is 3. The quantitative estimate of drug-likeness (QED) is 0.456. The third-order valence-corrected chi connectivity index (χ3v) is 7.84. The maximum absolute atomic E-state index is 12.5. The van der Waals surface area contributed by atoms with Crippen LogP contribution in [0.4, 0.5) is 4.79 Å². The van der Waals surface area contributed by atoms with E-state index < -0.39 is 5.97 Å². The molecule has 3 saturated heterocycles. The van der Waals surface area contributed by atoms with Gasteiger partial charge in [-0.1, -0.05) is 6.42 Å². The Morgan fingerprint density at radius 3 is 2.73 bits per heavy atom. The summed E-state index contributed by atoms with van der Waals surface area (Å²) in [7, 11) is 0. The van der Waals surface area contributed by atoms with Crippen molar-refractivity contribution in [2.75, 3.05) is 18.8 Å². The van der Waals surface area contributed by atoms with E-state index >= 15 is 0 Å². The van der Waals surface area contributed by atoms with Gasteiger partial charge in [0.2, 0.25) is 5.91 Å². The topological polar surface area (TPSA) is 98.7 Å². The number of nitrogens with one attached hydrogen (secondary N) is 2. The van der Waals surface area contributed by atoms with Crippen molar-refractivity contribution in [1.82, 2.24) is 15.5 Å². The molecule has 7 nitrogen and oxygen atoms in total. The standard InChI is InChI=1S/C18H27N3O4S/c22-15(21-7-11(10-5-6-10)12(8-21)17(23)24)4-2-1-3-14-16-13(9-26-14)19-18(25)20-16/h10-14,16H,1-9H2,(H,23,24)(H2,19,20,25)/t11-,12+,13+,14+,16+/m1/s1. The molecule has 0 radical (unpaired) electrons. The van der Waals surface area contributed by atoms with Gasteiger partial charge in [-0.2, -0.15) is 11.8 Å². The fraction of sp³-hybridized carbons (Fsp3) is 0.833. The number of aliphatic carboxylic acids is 1. The predicted molar refractivity (Wildman–Crippen MR) is 97.9 cm³/mol. The molecule has 0 aromatic rings. The Morgan fingerprint density at radius 1 is 1.19 bits per heavy atom. The predicted octanol–water partition coefficient (Wildman–Crippen LogP) is 1.28. The number of urea groups is 1. The number of hydrogen-bond acceptors (Lipinski definition) is 4. The number of carbonyl (C=O) groups is 3. The first-order valence-corrected chi connectivity index (χ1v) is 10.8. The Bertz CT molecular complexity index is 597. The van der Waals surface area contributed by atoms with E-state index in [1.165, 1.54) is 0 Å². The Kier molecular flexibility index (Phi) is 5.03. The summed E-state index contributed by atoms with van der Waals surface area (Å²) in [6, 6.07) is 0.404. The number of unbranched alkanes of at least 4 members (excludes halogenated alkanes) is 1. The molecule has 1 saturated carbocycles. The number of thioether (sulfide) groups is 1. The molecule has 0 aromatic carbocycles. The molecule has 5 atom stereocenters.